The minimum Gasteiger partial charge on any atom is -0.504 e. The highest BCUT2D eigenvalue weighted by Crippen LogP contribution is 2.26. The number of ether oxygens (including phenoxy) is 1. The second-order valence-electron chi connectivity index (χ2n) is 4.14. The molecule has 2 N–H and O–H groups in total. The van der Waals surface area contributed by atoms with Gasteiger partial charge in [-0.05, 0) is 36.2 Å². The smallest absolute Gasteiger partial charge is 0.160 e. The fourth-order valence-electron chi connectivity index (χ4n) is 1.78. The van der Waals surface area contributed by atoms with Crippen LogP contribution >= 0.6 is 22.9 Å². The summed E-state index contributed by atoms with van der Waals surface area (Å²) in [5.74, 6) is 0.670. The molecule has 0 radical (unpaired) electrons. The van der Waals surface area contributed by atoms with Crippen molar-refractivity contribution in [1.29, 1.82) is 0 Å². The van der Waals surface area contributed by atoms with Gasteiger partial charge in [-0.15, -0.1) is 11.3 Å². The number of rotatable bonds is 6. The van der Waals surface area contributed by atoms with E-state index < -0.39 is 0 Å². The lowest BCUT2D eigenvalue weighted by atomic mass is 10.2. The molecule has 1 aromatic heterocycles. The van der Waals surface area contributed by atoms with Gasteiger partial charge in [0.05, 0.1) is 11.4 Å². The Bertz CT molecular complexity index is 542. The summed E-state index contributed by atoms with van der Waals surface area (Å²) in [5.41, 5.74) is 1.03. The Morgan fingerprint density at radius 3 is 2.79 bits per heavy atom. The minimum atomic E-state index is 0.173. The fourth-order valence-corrected chi connectivity index (χ4v) is 2.86. The molecule has 102 valence electrons. The maximum Gasteiger partial charge on any atom is 0.160 e. The SMILES string of the molecule is COc1ccc(CNCCc2ccc(Cl)s2)cc1O. The third kappa shape index (κ3) is 4.13. The van der Waals surface area contributed by atoms with Crippen molar-refractivity contribution < 1.29 is 9.84 Å². The summed E-state index contributed by atoms with van der Waals surface area (Å²) in [5, 5.41) is 13.0. The molecule has 0 saturated carbocycles. The second kappa shape index (κ2) is 6.80. The van der Waals surface area contributed by atoms with Crippen LogP contribution in [0.3, 0.4) is 0 Å². The highest BCUT2D eigenvalue weighted by atomic mass is 35.5. The van der Waals surface area contributed by atoms with E-state index in [4.69, 9.17) is 16.3 Å². The first kappa shape index (κ1) is 14.2. The van der Waals surface area contributed by atoms with Crippen molar-refractivity contribution >= 4 is 22.9 Å². The van der Waals surface area contributed by atoms with Gasteiger partial charge in [-0.1, -0.05) is 17.7 Å². The number of aromatic hydroxyl groups is 1. The van der Waals surface area contributed by atoms with Gasteiger partial charge in [0.2, 0.25) is 0 Å². The lowest BCUT2D eigenvalue weighted by Crippen LogP contribution is -2.16. The molecule has 5 heteroatoms. The average molecular weight is 298 g/mol. The van der Waals surface area contributed by atoms with Crippen molar-refractivity contribution in [2.24, 2.45) is 0 Å². The van der Waals surface area contributed by atoms with Crippen LogP contribution in [-0.4, -0.2) is 18.8 Å². The summed E-state index contributed by atoms with van der Waals surface area (Å²) < 4.78 is 5.83. The van der Waals surface area contributed by atoms with Gasteiger partial charge >= 0.3 is 0 Å². The lowest BCUT2D eigenvalue weighted by molar-refractivity contribution is 0.373. The number of thiophene rings is 1. The molecule has 2 rings (SSSR count). The zero-order valence-corrected chi connectivity index (χ0v) is 12.2. The van der Waals surface area contributed by atoms with Crippen molar-refractivity contribution in [2.75, 3.05) is 13.7 Å². The zero-order valence-electron chi connectivity index (χ0n) is 10.6. The summed E-state index contributed by atoms with van der Waals surface area (Å²) in [6.45, 7) is 1.60. The van der Waals surface area contributed by atoms with Crippen LogP contribution in [0.15, 0.2) is 30.3 Å². The average Bonchev–Trinajstić information content (AvgIpc) is 2.81. The van der Waals surface area contributed by atoms with Gasteiger partial charge in [-0.3, -0.25) is 0 Å². The normalized spacial score (nSPS) is 10.6. The van der Waals surface area contributed by atoms with E-state index in [1.165, 1.54) is 4.88 Å². The van der Waals surface area contributed by atoms with E-state index in [1.807, 2.05) is 18.2 Å². The molecule has 0 aliphatic carbocycles. The van der Waals surface area contributed by atoms with Crippen LogP contribution in [-0.2, 0) is 13.0 Å². The van der Waals surface area contributed by atoms with E-state index in [9.17, 15) is 5.11 Å². The largest absolute Gasteiger partial charge is 0.504 e. The van der Waals surface area contributed by atoms with E-state index in [0.717, 1.165) is 29.4 Å². The molecule has 0 spiro atoms. The third-order valence-corrected chi connectivity index (χ3v) is 4.04. The predicted octanol–water partition coefficient (Wildman–Crippen LogP) is 3.45. The first-order valence-electron chi connectivity index (χ1n) is 6.00. The van der Waals surface area contributed by atoms with Crippen LogP contribution in [0.5, 0.6) is 11.5 Å². The lowest BCUT2D eigenvalue weighted by Gasteiger charge is -2.07. The van der Waals surface area contributed by atoms with Crippen molar-refractivity contribution in [3.8, 4) is 11.5 Å². The van der Waals surface area contributed by atoms with Gasteiger partial charge in [0.25, 0.3) is 0 Å². The number of methoxy groups -OCH3 is 1. The molecule has 0 aliphatic rings. The Morgan fingerprint density at radius 2 is 2.16 bits per heavy atom. The maximum atomic E-state index is 9.66. The third-order valence-electron chi connectivity index (χ3n) is 2.75. The molecule has 0 saturated heterocycles. The monoisotopic (exact) mass is 297 g/mol. The molecule has 19 heavy (non-hydrogen) atoms. The summed E-state index contributed by atoms with van der Waals surface area (Å²) in [6.07, 6.45) is 0.958. The van der Waals surface area contributed by atoms with Gasteiger partial charge < -0.3 is 15.2 Å². The first-order valence-corrected chi connectivity index (χ1v) is 7.19. The van der Waals surface area contributed by atoms with Gasteiger partial charge in [0.1, 0.15) is 0 Å². The van der Waals surface area contributed by atoms with Gasteiger partial charge in [0, 0.05) is 18.0 Å². The molecular weight excluding hydrogens is 282 g/mol. The van der Waals surface area contributed by atoms with Gasteiger partial charge in [-0.25, -0.2) is 0 Å². The van der Waals surface area contributed by atoms with Crippen LogP contribution < -0.4 is 10.1 Å². The van der Waals surface area contributed by atoms with Crippen LogP contribution in [0.1, 0.15) is 10.4 Å². The summed E-state index contributed by atoms with van der Waals surface area (Å²) in [7, 11) is 1.54. The Balaban J connectivity index is 1.78. The van der Waals surface area contributed by atoms with E-state index in [2.05, 4.69) is 5.32 Å². The van der Waals surface area contributed by atoms with Crippen LogP contribution in [0, 0.1) is 0 Å². The number of phenols is 1. The quantitative estimate of drug-likeness (QED) is 0.803. The molecule has 0 unspecified atom stereocenters. The molecule has 2 aromatic rings. The molecule has 3 nitrogen and oxygen atoms in total. The summed E-state index contributed by atoms with van der Waals surface area (Å²) in [6, 6.07) is 9.39. The Labute approximate surface area is 121 Å². The van der Waals surface area contributed by atoms with Crippen molar-refractivity contribution in [3.05, 3.63) is 45.1 Å². The minimum absolute atomic E-state index is 0.173. The van der Waals surface area contributed by atoms with E-state index in [0.29, 0.717) is 5.75 Å². The number of hydrogen-bond acceptors (Lipinski definition) is 4. The van der Waals surface area contributed by atoms with Gasteiger partial charge in [-0.2, -0.15) is 0 Å². The Hall–Kier alpha value is -1.23. The predicted molar refractivity (Wildman–Crippen MR) is 79.4 cm³/mol. The van der Waals surface area contributed by atoms with Crippen molar-refractivity contribution in [3.63, 3.8) is 0 Å². The number of phenolic OH excluding ortho intramolecular Hbond substituents is 1. The maximum absolute atomic E-state index is 9.66. The van der Waals surface area contributed by atoms with Crippen LogP contribution in [0.2, 0.25) is 4.34 Å². The first-order chi connectivity index (χ1) is 9.19. The number of nitrogens with one attached hydrogen (secondary N) is 1. The highest BCUT2D eigenvalue weighted by Gasteiger charge is 2.02. The van der Waals surface area contributed by atoms with Crippen LogP contribution in [0.4, 0.5) is 0 Å². The zero-order chi connectivity index (χ0) is 13.7. The number of hydrogen-bond donors (Lipinski definition) is 2. The topological polar surface area (TPSA) is 41.5 Å². The molecule has 0 amide bonds. The molecule has 0 atom stereocenters. The van der Waals surface area contributed by atoms with Crippen LogP contribution in [0.25, 0.3) is 0 Å². The molecule has 1 heterocycles. The molecule has 0 aliphatic heterocycles. The molecule has 0 bridgehead atoms. The Kier molecular flexibility index (Phi) is 5.07. The molecule has 1 aromatic carbocycles. The van der Waals surface area contributed by atoms with Gasteiger partial charge in [0.15, 0.2) is 11.5 Å². The number of benzene rings is 1. The summed E-state index contributed by atoms with van der Waals surface area (Å²) in [4.78, 5) is 1.27. The summed E-state index contributed by atoms with van der Waals surface area (Å²) >= 11 is 7.48. The number of halogens is 1. The van der Waals surface area contributed by atoms with E-state index in [-0.39, 0.29) is 5.75 Å². The standard InChI is InChI=1S/C14H16ClNO2S/c1-18-13-4-2-10(8-12(13)17)9-16-7-6-11-3-5-14(15)19-11/h2-5,8,16-17H,6-7,9H2,1H3. The van der Waals surface area contributed by atoms with Crippen molar-refractivity contribution in [2.45, 2.75) is 13.0 Å². The fraction of sp³-hybridized carbons (Fsp3) is 0.286. The Morgan fingerprint density at radius 1 is 1.32 bits per heavy atom. The highest BCUT2D eigenvalue weighted by molar-refractivity contribution is 7.16. The van der Waals surface area contributed by atoms with E-state index >= 15 is 0 Å². The van der Waals surface area contributed by atoms with Crippen molar-refractivity contribution in [1.82, 2.24) is 5.32 Å². The van der Waals surface area contributed by atoms with E-state index in [1.54, 1.807) is 30.6 Å². The molecular formula is C14H16ClNO2S. The molecule has 0 fully saturated rings. The second-order valence-corrected chi connectivity index (χ2v) is 5.94.